The maximum Gasteiger partial charge on any atom is 0.316 e. The molecule has 0 saturated heterocycles. The zero-order chi connectivity index (χ0) is 9.56. The van der Waals surface area contributed by atoms with Gasteiger partial charge in [0, 0.05) is 0 Å². The molecule has 72 valence electrons. The normalized spacial score (nSPS) is 15.6. The largest absolute Gasteiger partial charge is 0.480 e. The van der Waals surface area contributed by atoms with Crippen molar-refractivity contribution in [1.82, 2.24) is 0 Å². The van der Waals surface area contributed by atoms with Crippen LogP contribution in [0.5, 0.6) is 0 Å². The summed E-state index contributed by atoms with van der Waals surface area (Å²) in [5, 5.41) is 8.44. The first kappa shape index (κ1) is 11.8. The molecule has 4 heteroatoms. The molecule has 0 aliphatic heterocycles. The van der Waals surface area contributed by atoms with E-state index in [1.165, 1.54) is 11.8 Å². The average Bonchev–Trinajstić information content (AvgIpc) is 2.04. The van der Waals surface area contributed by atoms with E-state index in [0.29, 0.717) is 18.9 Å². The van der Waals surface area contributed by atoms with Crippen molar-refractivity contribution in [3.05, 3.63) is 0 Å². The number of rotatable bonds is 6. The predicted octanol–water partition coefficient (Wildman–Crippen LogP) is 1.18. The molecule has 2 unspecified atom stereocenters. The number of hydrogen-bond acceptors (Lipinski definition) is 3. The molecule has 2 atom stereocenters. The average molecular weight is 191 g/mol. The van der Waals surface area contributed by atoms with Crippen LogP contribution in [0.1, 0.15) is 20.3 Å². The minimum atomic E-state index is -0.716. The highest BCUT2D eigenvalue weighted by molar-refractivity contribution is 8.00. The Labute approximate surface area is 77.7 Å². The molecule has 0 rings (SSSR count). The molecule has 0 bridgehead atoms. The van der Waals surface area contributed by atoms with E-state index in [0.717, 1.165) is 5.75 Å². The lowest BCUT2D eigenvalue weighted by Gasteiger charge is -2.12. The Balaban J connectivity index is 3.65. The standard InChI is InChI=1S/C8H17NO2S/c1-3-7(8(10)11)12-5-6(2)4-9/h6-7H,3-5,9H2,1-2H3,(H,10,11). The molecule has 3 nitrogen and oxygen atoms in total. The Morgan fingerprint density at radius 2 is 2.25 bits per heavy atom. The molecule has 0 heterocycles. The predicted molar refractivity (Wildman–Crippen MR) is 52.4 cm³/mol. The van der Waals surface area contributed by atoms with E-state index in [-0.39, 0.29) is 5.25 Å². The number of hydrogen-bond donors (Lipinski definition) is 2. The van der Waals surface area contributed by atoms with Gasteiger partial charge in [-0.05, 0) is 24.6 Å². The van der Waals surface area contributed by atoms with Crippen molar-refractivity contribution in [3.8, 4) is 0 Å². The van der Waals surface area contributed by atoms with Gasteiger partial charge in [0.1, 0.15) is 5.25 Å². The molecular weight excluding hydrogens is 174 g/mol. The van der Waals surface area contributed by atoms with Crippen molar-refractivity contribution >= 4 is 17.7 Å². The summed E-state index contributed by atoms with van der Waals surface area (Å²) in [5.74, 6) is 0.525. The highest BCUT2D eigenvalue weighted by Crippen LogP contribution is 2.17. The van der Waals surface area contributed by atoms with Crippen LogP contribution >= 0.6 is 11.8 Å². The van der Waals surface area contributed by atoms with Gasteiger partial charge in [-0.25, -0.2) is 0 Å². The van der Waals surface area contributed by atoms with E-state index < -0.39 is 5.97 Å². The lowest BCUT2D eigenvalue weighted by Crippen LogP contribution is -2.19. The highest BCUT2D eigenvalue weighted by Gasteiger charge is 2.15. The molecule has 0 spiro atoms. The molecule has 0 aromatic heterocycles. The molecule has 0 aromatic carbocycles. The Kier molecular flexibility index (Phi) is 6.20. The monoisotopic (exact) mass is 191 g/mol. The summed E-state index contributed by atoms with van der Waals surface area (Å²) in [5.41, 5.74) is 5.42. The van der Waals surface area contributed by atoms with Crippen LogP contribution in [0, 0.1) is 5.92 Å². The van der Waals surface area contributed by atoms with Crippen molar-refractivity contribution in [2.75, 3.05) is 12.3 Å². The molecule has 0 aliphatic carbocycles. The fourth-order valence-electron chi connectivity index (χ4n) is 0.712. The van der Waals surface area contributed by atoms with Gasteiger partial charge in [0.05, 0.1) is 0 Å². The van der Waals surface area contributed by atoms with Crippen LogP contribution in [0.3, 0.4) is 0 Å². The second kappa shape index (κ2) is 6.31. The fourth-order valence-corrected chi connectivity index (χ4v) is 1.79. The number of carboxylic acids is 1. The number of thioether (sulfide) groups is 1. The molecule has 12 heavy (non-hydrogen) atoms. The van der Waals surface area contributed by atoms with Crippen LogP contribution in [-0.2, 0) is 4.79 Å². The van der Waals surface area contributed by atoms with Gasteiger partial charge in [-0.15, -0.1) is 11.8 Å². The van der Waals surface area contributed by atoms with Gasteiger partial charge >= 0.3 is 5.97 Å². The maximum atomic E-state index is 10.6. The SMILES string of the molecule is CCC(SCC(C)CN)C(=O)O. The van der Waals surface area contributed by atoms with Crippen molar-refractivity contribution in [3.63, 3.8) is 0 Å². The van der Waals surface area contributed by atoms with Crippen molar-refractivity contribution < 1.29 is 9.90 Å². The summed E-state index contributed by atoms with van der Waals surface area (Å²) in [6, 6.07) is 0. The van der Waals surface area contributed by atoms with E-state index in [1.807, 2.05) is 13.8 Å². The van der Waals surface area contributed by atoms with Crippen LogP contribution in [0.25, 0.3) is 0 Å². The summed E-state index contributed by atoms with van der Waals surface area (Å²) in [7, 11) is 0. The first-order valence-electron chi connectivity index (χ1n) is 4.16. The number of carbonyl (C=O) groups is 1. The minimum Gasteiger partial charge on any atom is -0.480 e. The van der Waals surface area contributed by atoms with E-state index in [1.54, 1.807) is 0 Å². The molecule has 0 radical (unpaired) electrons. The molecule has 0 aromatic rings. The molecule has 0 fully saturated rings. The second-order valence-electron chi connectivity index (χ2n) is 2.91. The summed E-state index contributed by atoms with van der Waals surface area (Å²) in [6.45, 7) is 4.55. The van der Waals surface area contributed by atoms with E-state index in [4.69, 9.17) is 10.8 Å². The summed E-state index contributed by atoms with van der Waals surface area (Å²) >= 11 is 1.48. The smallest absolute Gasteiger partial charge is 0.316 e. The van der Waals surface area contributed by atoms with Gasteiger partial charge in [0.15, 0.2) is 0 Å². The van der Waals surface area contributed by atoms with E-state index in [2.05, 4.69) is 0 Å². The third-order valence-corrected chi connectivity index (χ3v) is 3.33. The molecule has 0 saturated carbocycles. The summed E-state index contributed by atoms with van der Waals surface area (Å²) < 4.78 is 0. The zero-order valence-electron chi connectivity index (χ0n) is 7.62. The van der Waals surface area contributed by atoms with Crippen molar-refractivity contribution in [2.45, 2.75) is 25.5 Å². The topological polar surface area (TPSA) is 63.3 Å². The van der Waals surface area contributed by atoms with Crippen LogP contribution in [0.15, 0.2) is 0 Å². The Morgan fingerprint density at radius 3 is 2.58 bits per heavy atom. The maximum absolute atomic E-state index is 10.6. The Hall–Kier alpha value is -0.220. The van der Waals surface area contributed by atoms with E-state index in [9.17, 15) is 4.79 Å². The van der Waals surface area contributed by atoms with Gasteiger partial charge in [-0.1, -0.05) is 13.8 Å². The van der Waals surface area contributed by atoms with Gasteiger partial charge < -0.3 is 10.8 Å². The third kappa shape index (κ3) is 4.62. The van der Waals surface area contributed by atoms with Crippen molar-refractivity contribution in [1.29, 1.82) is 0 Å². The lowest BCUT2D eigenvalue weighted by atomic mass is 10.2. The fraction of sp³-hybridized carbons (Fsp3) is 0.875. The number of aliphatic carboxylic acids is 1. The van der Waals surface area contributed by atoms with Gasteiger partial charge in [-0.2, -0.15) is 0 Å². The van der Waals surface area contributed by atoms with Crippen LogP contribution < -0.4 is 5.73 Å². The minimum absolute atomic E-state index is 0.265. The summed E-state index contributed by atoms with van der Waals surface area (Å²) in [6.07, 6.45) is 0.678. The summed E-state index contributed by atoms with van der Waals surface area (Å²) in [4.78, 5) is 10.6. The van der Waals surface area contributed by atoms with Gasteiger partial charge in [0.25, 0.3) is 0 Å². The van der Waals surface area contributed by atoms with E-state index >= 15 is 0 Å². The Morgan fingerprint density at radius 1 is 1.67 bits per heavy atom. The molecular formula is C8H17NO2S. The first-order valence-corrected chi connectivity index (χ1v) is 5.21. The lowest BCUT2D eigenvalue weighted by molar-refractivity contribution is -0.136. The highest BCUT2D eigenvalue weighted by atomic mass is 32.2. The van der Waals surface area contributed by atoms with Gasteiger partial charge in [0.2, 0.25) is 0 Å². The first-order chi connectivity index (χ1) is 5.61. The van der Waals surface area contributed by atoms with Crippen LogP contribution in [-0.4, -0.2) is 28.6 Å². The van der Waals surface area contributed by atoms with Crippen LogP contribution in [0.2, 0.25) is 0 Å². The number of carboxylic acid groups (broad SMARTS) is 1. The Bertz CT molecular complexity index is 141. The number of nitrogens with two attached hydrogens (primary N) is 1. The van der Waals surface area contributed by atoms with Crippen LogP contribution in [0.4, 0.5) is 0 Å². The van der Waals surface area contributed by atoms with Gasteiger partial charge in [-0.3, -0.25) is 4.79 Å². The molecule has 3 N–H and O–H groups in total. The zero-order valence-corrected chi connectivity index (χ0v) is 8.43. The molecule has 0 amide bonds. The third-order valence-electron chi connectivity index (χ3n) is 1.63. The quantitative estimate of drug-likeness (QED) is 0.661. The van der Waals surface area contributed by atoms with Crippen molar-refractivity contribution in [2.24, 2.45) is 11.7 Å². The molecule has 0 aliphatic rings. The second-order valence-corrected chi connectivity index (χ2v) is 4.15.